The monoisotopic (exact) mass is 554 g/mol. The molecule has 1 aliphatic carbocycles. The zero-order chi connectivity index (χ0) is 29.0. The van der Waals surface area contributed by atoms with Crippen LogP contribution in [-0.4, -0.2) is 19.9 Å². The van der Waals surface area contributed by atoms with Crippen LogP contribution in [-0.2, 0) is 5.41 Å². The molecule has 4 nitrogen and oxygen atoms in total. The second kappa shape index (κ2) is 9.81. The van der Waals surface area contributed by atoms with Gasteiger partial charge in [0.25, 0.3) is 0 Å². The van der Waals surface area contributed by atoms with Crippen molar-refractivity contribution in [1.82, 2.24) is 19.9 Å². The highest BCUT2D eigenvalue weighted by atomic mass is 14.8. The van der Waals surface area contributed by atoms with E-state index in [2.05, 4.69) is 120 Å². The molecule has 2 aromatic carbocycles. The van der Waals surface area contributed by atoms with Crippen LogP contribution >= 0.6 is 0 Å². The molecule has 0 spiro atoms. The zero-order valence-corrected chi connectivity index (χ0v) is 23.8. The van der Waals surface area contributed by atoms with Crippen molar-refractivity contribution < 1.29 is 0 Å². The lowest BCUT2D eigenvalue weighted by Gasteiger charge is -2.32. The molecular weight excluding hydrogens is 524 g/mol. The van der Waals surface area contributed by atoms with Crippen LogP contribution in [0.25, 0.3) is 68.6 Å². The Bertz CT molecular complexity index is 2180. The van der Waals surface area contributed by atoms with E-state index in [1.165, 1.54) is 27.8 Å². The molecule has 8 rings (SSSR count). The maximum absolute atomic E-state index is 4.92. The Kier molecular flexibility index (Phi) is 5.76. The molecule has 4 heteroatoms. The van der Waals surface area contributed by atoms with E-state index in [9.17, 15) is 0 Å². The minimum Gasteiger partial charge on any atom is -0.355 e. The minimum absolute atomic E-state index is 0.240. The first kappa shape index (κ1) is 25.2. The van der Waals surface area contributed by atoms with Gasteiger partial charge in [-0.1, -0.05) is 54.6 Å². The fourth-order valence-electron chi connectivity index (χ4n) is 7.03. The third kappa shape index (κ3) is 4.14. The molecule has 2 aliphatic heterocycles. The number of benzene rings is 2. The van der Waals surface area contributed by atoms with Crippen molar-refractivity contribution in [1.29, 1.82) is 0 Å². The molecule has 5 heterocycles. The molecule has 0 saturated carbocycles. The van der Waals surface area contributed by atoms with E-state index in [0.29, 0.717) is 0 Å². The van der Waals surface area contributed by atoms with E-state index >= 15 is 0 Å². The van der Waals surface area contributed by atoms with E-state index in [1.807, 2.05) is 24.3 Å². The van der Waals surface area contributed by atoms with Gasteiger partial charge in [-0.25, -0.2) is 9.97 Å². The topological polar surface area (TPSA) is 57.4 Å². The van der Waals surface area contributed by atoms with Gasteiger partial charge in [0.15, 0.2) is 0 Å². The number of nitrogens with zero attached hydrogens (tertiary/aromatic N) is 2. The van der Waals surface area contributed by atoms with Crippen LogP contribution in [0.2, 0.25) is 0 Å². The van der Waals surface area contributed by atoms with Gasteiger partial charge in [-0.15, -0.1) is 13.2 Å². The van der Waals surface area contributed by atoms with Crippen molar-refractivity contribution in [3.63, 3.8) is 0 Å². The van der Waals surface area contributed by atoms with E-state index in [1.54, 1.807) is 0 Å². The number of H-pyrrole nitrogens is 2. The van der Waals surface area contributed by atoms with Gasteiger partial charge in [-0.3, -0.25) is 0 Å². The fourth-order valence-corrected chi connectivity index (χ4v) is 7.03. The molecule has 0 atom stereocenters. The van der Waals surface area contributed by atoms with Gasteiger partial charge in [0, 0.05) is 33.0 Å². The lowest BCUT2D eigenvalue weighted by Crippen LogP contribution is -2.24. The Labute approximate surface area is 250 Å². The summed E-state index contributed by atoms with van der Waals surface area (Å²) in [5, 5.41) is 0. The van der Waals surface area contributed by atoms with E-state index in [4.69, 9.17) is 9.97 Å². The number of hydrogen-bond donors (Lipinski definition) is 2. The Balaban J connectivity index is 1.44. The maximum Gasteiger partial charge on any atom is 0.0659 e. The second-order valence-electron chi connectivity index (χ2n) is 11.4. The summed E-state index contributed by atoms with van der Waals surface area (Å²) in [6.07, 6.45) is 13.9. The highest BCUT2D eigenvalue weighted by Crippen LogP contribution is 2.56. The Hall–Kier alpha value is -5.48. The van der Waals surface area contributed by atoms with E-state index in [-0.39, 0.29) is 5.41 Å². The van der Waals surface area contributed by atoms with Gasteiger partial charge >= 0.3 is 0 Å². The molecule has 0 saturated heterocycles. The number of rotatable bonds is 5. The summed E-state index contributed by atoms with van der Waals surface area (Å²) < 4.78 is 0. The molecular formula is C39H30N4. The van der Waals surface area contributed by atoms with Crippen molar-refractivity contribution in [2.75, 3.05) is 0 Å². The fraction of sp³-hybridized carbons (Fsp3) is 0.0769. The number of allylic oxidation sites excluding steroid dienone is 2. The molecule has 0 amide bonds. The highest BCUT2D eigenvalue weighted by molar-refractivity contribution is 5.95. The molecule has 206 valence electrons. The smallest absolute Gasteiger partial charge is 0.0659 e. The van der Waals surface area contributed by atoms with Gasteiger partial charge in [-0.2, -0.15) is 0 Å². The third-order valence-corrected chi connectivity index (χ3v) is 8.72. The summed E-state index contributed by atoms with van der Waals surface area (Å²) in [4.78, 5) is 16.9. The molecule has 43 heavy (non-hydrogen) atoms. The molecule has 0 radical (unpaired) electrons. The second-order valence-corrected chi connectivity index (χ2v) is 11.4. The van der Waals surface area contributed by atoms with Crippen LogP contribution in [0.1, 0.15) is 46.7 Å². The Morgan fingerprint density at radius 3 is 1.88 bits per heavy atom. The summed E-state index contributed by atoms with van der Waals surface area (Å²) in [6, 6.07) is 30.4. The lowest BCUT2D eigenvalue weighted by atomic mass is 9.71. The van der Waals surface area contributed by atoms with Crippen LogP contribution in [0.5, 0.6) is 0 Å². The predicted octanol–water partition coefficient (Wildman–Crippen LogP) is 9.74. The predicted molar refractivity (Wildman–Crippen MR) is 180 cm³/mol. The summed E-state index contributed by atoms with van der Waals surface area (Å²) in [5.41, 5.74) is 15.0. The molecule has 5 aromatic rings. The summed E-state index contributed by atoms with van der Waals surface area (Å²) in [6.45, 7) is 8.37. The van der Waals surface area contributed by atoms with Crippen molar-refractivity contribution >= 4 is 46.4 Å². The SMILES string of the molecule is C=CCC1(CC=C)c2ccccc2-c2cccc(-c3cc4cc5ccc(cc6nc(cc7nc(cc3[nH]4)C=C7)C=C6)[nH]5)c21. The summed E-state index contributed by atoms with van der Waals surface area (Å²) in [7, 11) is 0. The molecule has 0 unspecified atom stereocenters. The van der Waals surface area contributed by atoms with Gasteiger partial charge in [-0.05, 0) is 107 Å². The zero-order valence-electron chi connectivity index (χ0n) is 23.8. The van der Waals surface area contributed by atoms with Crippen molar-refractivity contribution in [3.05, 3.63) is 144 Å². The Morgan fingerprint density at radius 2 is 1.16 bits per heavy atom. The molecule has 3 aromatic heterocycles. The van der Waals surface area contributed by atoms with E-state index in [0.717, 1.165) is 63.2 Å². The minimum atomic E-state index is -0.240. The molecule has 0 fully saturated rings. The summed E-state index contributed by atoms with van der Waals surface area (Å²) in [5.74, 6) is 0. The molecule has 3 aliphatic rings. The van der Waals surface area contributed by atoms with Gasteiger partial charge in [0.1, 0.15) is 0 Å². The lowest BCUT2D eigenvalue weighted by molar-refractivity contribution is 0.545. The Morgan fingerprint density at radius 1 is 0.558 bits per heavy atom. The standard InChI is InChI=1S/C39H30N4/c1-3-18-39(19-4-2)36-11-6-5-8-32(36)33-9-7-10-34(38(33)39)35-23-31-22-29-15-14-27(41-29)20-25-12-13-26(40-25)21-28-16-17-30(42-28)24-37(35)43-31/h3-17,20-24,41,43H,1-2,18-19H2. The summed E-state index contributed by atoms with van der Waals surface area (Å²) >= 11 is 0. The van der Waals surface area contributed by atoms with Crippen LogP contribution in [0, 0.1) is 0 Å². The van der Waals surface area contributed by atoms with E-state index < -0.39 is 0 Å². The first-order valence-electron chi connectivity index (χ1n) is 14.7. The van der Waals surface area contributed by atoms with Crippen LogP contribution < -0.4 is 0 Å². The van der Waals surface area contributed by atoms with Crippen LogP contribution in [0.3, 0.4) is 0 Å². The number of fused-ring (bicyclic) bond motifs is 11. The number of hydrogen-bond acceptors (Lipinski definition) is 2. The van der Waals surface area contributed by atoms with Gasteiger partial charge < -0.3 is 9.97 Å². The van der Waals surface area contributed by atoms with Crippen molar-refractivity contribution in [2.24, 2.45) is 0 Å². The molecule has 8 bridgehead atoms. The largest absolute Gasteiger partial charge is 0.355 e. The average Bonchev–Trinajstić information content (AvgIpc) is 3.84. The first-order chi connectivity index (χ1) is 21.1. The van der Waals surface area contributed by atoms with Crippen LogP contribution in [0.4, 0.5) is 0 Å². The third-order valence-electron chi connectivity index (χ3n) is 8.72. The molecule has 2 N–H and O–H groups in total. The number of aromatic amines is 2. The van der Waals surface area contributed by atoms with Gasteiger partial charge in [0.05, 0.1) is 22.8 Å². The van der Waals surface area contributed by atoms with Crippen molar-refractivity contribution in [2.45, 2.75) is 18.3 Å². The average molecular weight is 555 g/mol. The normalized spacial score (nSPS) is 14.0. The quantitative estimate of drug-likeness (QED) is 0.208. The number of aromatic nitrogens is 4. The van der Waals surface area contributed by atoms with Crippen LogP contribution in [0.15, 0.2) is 110 Å². The van der Waals surface area contributed by atoms with Crippen molar-refractivity contribution in [3.8, 4) is 22.3 Å². The number of nitrogens with one attached hydrogen (secondary N) is 2. The maximum atomic E-state index is 4.92. The first-order valence-corrected chi connectivity index (χ1v) is 14.7. The highest BCUT2D eigenvalue weighted by Gasteiger charge is 2.43. The van der Waals surface area contributed by atoms with Gasteiger partial charge in [0.2, 0.25) is 0 Å².